The smallest absolute Gasteiger partial charge is 0.166 e. The summed E-state index contributed by atoms with van der Waals surface area (Å²) >= 11 is 9.62. The zero-order chi connectivity index (χ0) is 15.8. The van der Waals surface area contributed by atoms with Crippen LogP contribution in [-0.2, 0) is 6.18 Å². The highest BCUT2D eigenvalue weighted by molar-refractivity contribution is 9.09. The van der Waals surface area contributed by atoms with Crippen molar-refractivity contribution in [1.82, 2.24) is 0 Å². The number of hydrogen-bond acceptors (Lipinski definition) is 0. The van der Waals surface area contributed by atoms with Gasteiger partial charge in [-0.2, -0.15) is 13.2 Å². The molecule has 0 saturated carbocycles. The predicted octanol–water partition coefficient (Wildman–Crippen LogP) is 6.46. The van der Waals surface area contributed by atoms with Crippen LogP contribution in [-0.4, -0.2) is 0 Å². The second kappa shape index (κ2) is 6.01. The molecule has 0 spiro atoms. The molecule has 0 bridgehead atoms. The van der Waals surface area contributed by atoms with Crippen LogP contribution in [0.2, 0.25) is 5.02 Å². The first-order valence-corrected chi connectivity index (χ1v) is 7.57. The predicted molar refractivity (Wildman–Crippen MR) is 83.1 cm³/mol. The fourth-order valence-corrected chi connectivity index (χ4v) is 3.11. The van der Waals surface area contributed by atoms with Crippen LogP contribution in [0.4, 0.5) is 13.2 Å². The highest BCUT2D eigenvalue weighted by Gasteiger charge is 2.30. The van der Waals surface area contributed by atoms with E-state index in [9.17, 15) is 13.2 Å². The molecule has 2 aromatic carbocycles. The number of hydrogen-bond donors (Lipinski definition) is 0. The van der Waals surface area contributed by atoms with Gasteiger partial charge in [-0.3, -0.25) is 0 Å². The fourth-order valence-electron chi connectivity index (χ4n) is 2.10. The highest BCUT2D eigenvalue weighted by atomic mass is 79.9. The summed E-state index contributed by atoms with van der Waals surface area (Å²) in [6.45, 7) is 3.83. The molecule has 0 aromatic heterocycles. The molecule has 112 valence electrons. The molecule has 2 rings (SSSR count). The van der Waals surface area contributed by atoms with Crippen LogP contribution in [0.5, 0.6) is 0 Å². The zero-order valence-corrected chi connectivity index (χ0v) is 13.8. The quantitative estimate of drug-likeness (QED) is 0.527. The van der Waals surface area contributed by atoms with Gasteiger partial charge < -0.3 is 0 Å². The molecule has 1 unspecified atom stereocenters. The largest absolute Gasteiger partial charge is 0.416 e. The summed E-state index contributed by atoms with van der Waals surface area (Å²) in [5.41, 5.74) is 3.06. The number of rotatable bonds is 2. The molecule has 0 heterocycles. The van der Waals surface area contributed by atoms with Gasteiger partial charge in [-0.15, -0.1) is 0 Å². The van der Waals surface area contributed by atoms with E-state index in [0.717, 1.165) is 34.4 Å². The first-order valence-electron chi connectivity index (χ1n) is 6.28. The van der Waals surface area contributed by atoms with Crippen LogP contribution < -0.4 is 0 Å². The molecule has 2 aromatic rings. The minimum absolute atomic E-state index is 0.171. The molecule has 0 aliphatic rings. The van der Waals surface area contributed by atoms with Crippen LogP contribution in [0.25, 0.3) is 0 Å². The number of aryl methyl sites for hydroxylation is 2. The Bertz CT molecular complexity index is 648. The second-order valence-corrected chi connectivity index (χ2v) is 6.26. The summed E-state index contributed by atoms with van der Waals surface area (Å²) in [7, 11) is 0. The SMILES string of the molecule is Cc1cc(C(Br)c2ccc(C(F)(F)F)cc2)c(C)cc1Cl. The summed E-state index contributed by atoms with van der Waals surface area (Å²) in [6.07, 6.45) is -4.31. The highest BCUT2D eigenvalue weighted by Crippen LogP contribution is 2.36. The Morgan fingerprint density at radius 2 is 1.57 bits per heavy atom. The molecule has 0 aliphatic carbocycles. The Labute approximate surface area is 135 Å². The maximum Gasteiger partial charge on any atom is 0.416 e. The molecule has 1 atom stereocenters. The van der Waals surface area contributed by atoms with Gasteiger partial charge in [-0.05, 0) is 54.3 Å². The molecule has 0 N–H and O–H groups in total. The first kappa shape index (κ1) is 16.4. The van der Waals surface area contributed by atoms with Crippen molar-refractivity contribution < 1.29 is 13.2 Å². The van der Waals surface area contributed by atoms with E-state index in [0.29, 0.717) is 5.02 Å². The van der Waals surface area contributed by atoms with Crippen molar-refractivity contribution in [3.63, 3.8) is 0 Å². The number of benzene rings is 2. The molecule has 0 saturated heterocycles. The molecule has 0 fully saturated rings. The standard InChI is InChI=1S/C16H13BrClF3/c1-9-8-14(18)10(2)7-13(9)15(17)11-3-5-12(6-4-11)16(19,20)21/h3-8,15H,1-2H3. The maximum atomic E-state index is 12.6. The van der Waals surface area contributed by atoms with Crippen molar-refractivity contribution >= 4 is 27.5 Å². The average Bonchev–Trinajstić information content (AvgIpc) is 2.41. The van der Waals surface area contributed by atoms with E-state index >= 15 is 0 Å². The normalized spacial score (nSPS) is 13.3. The molecule has 0 aliphatic heterocycles. The summed E-state index contributed by atoms with van der Waals surface area (Å²) < 4.78 is 37.7. The maximum absolute atomic E-state index is 12.6. The Morgan fingerprint density at radius 3 is 2.10 bits per heavy atom. The van der Waals surface area contributed by atoms with Crippen molar-refractivity contribution in [2.45, 2.75) is 24.9 Å². The number of halogens is 5. The molecular weight excluding hydrogens is 365 g/mol. The van der Waals surface area contributed by atoms with Crippen molar-refractivity contribution in [2.24, 2.45) is 0 Å². The third-order valence-corrected chi connectivity index (χ3v) is 4.78. The van der Waals surface area contributed by atoms with E-state index in [-0.39, 0.29) is 4.83 Å². The Hall–Kier alpha value is -1.00. The van der Waals surface area contributed by atoms with Gasteiger partial charge in [0.05, 0.1) is 10.4 Å². The molecule has 0 radical (unpaired) electrons. The lowest BCUT2D eigenvalue weighted by Crippen LogP contribution is -2.05. The van der Waals surface area contributed by atoms with Crippen molar-refractivity contribution in [2.75, 3.05) is 0 Å². The topological polar surface area (TPSA) is 0 Å². The van der Waals surface area contributed by atoms with Gasteiger partial charge in [0.15, 0.2) is 0 Å². The first-order chi connectivity index (χ1) is 9.70. The molecular formula is C16H13BrClF3. The molecule has 21 heavy (non-hydrogen) atoms. The lowest BCUT2D eigenvalue weighted by molar-refractivity contribution is -0.137. The Balaban J connectivity index is 2.36. The van der Waals surface area contributed by atoms with E-state index in [2.05, 4.69) is 15.9 Å². The van der Waals surface area contributed by atoms with E-state index in [1.165, 1.54) is 12.1 Å². The van der Waals surface area contributed by atoms with Crippen LogP contribution >= 0.6 is 27.5 Å². The molecule has 0 nitrogen and oxygen atoms in total. The summed E-state index contributed by atoms with van der Waals surface area (Å²) in [5, 5.41) is 0.684. The summed E-state index contributed by atoms with van der Waals surface area (Å²) in [4.78, 5) is -0.171. The van der Waals surface area contributed by atoms with E-state index in [1.807, 2.05) is 26.0 Å². The van der Waals surface area contributed by atoms with Gasteiger partial charge in [0.2, 0.25) is 0 Å². The van der Waals surface area contributed by atoms with Gasteiger partial charge >= 0.3 is 6.18 Å². The minimum Gasteiger partial charge on any atom is -0.166 e. The second-order valence-electron chi connectivity index (χ2n) is 4.94. The van der Waals surface area contributed by atoms with Crippen LogP contribution in [0.15, 0.2) is 36.4 Å². The monoisotopic (exact) mass is 376 g/mol. The zero-order valence-electron chi connectivity index (χ0n) is 11.4. The van der Waals surface area contributed by atoms with Crippen molar-refractivity contribution in [3.8, 4) is 0 Å². The van der Waals surface area contributed by atoms with Gasteiger partial charge in [0.25, 0.3) is 0 Å². The fraction of sp³-hybridized carbons (Fsp3) is 0.250. The van der Waals surface area contributed by atoms with Gasteiger partial charge in [-0.25, -0.2) is 0 Å². The minimum atomic E-state index is -4.31. The summed E-state index contributed by atoms with van der Waals surface area (Å²) in [5.74, 6) is 0. The van der Waals surface area contributed by atoms with E-state index < -0.39 is 11.7 Å². The van der Waals surface area contributed by atoms with Gasteiger partial charge in [0, 0.05) is 5.02 Å². The third-order valence-electron chi connectivity index (χ3n) is 3.35. The van der Waals surface area contributed by atoms with Crippen molar-refractivity contribution in [1.29, 1.82) is 0 Å². The van der Waals surface area contributed by atoms with Gasteiger partial charge in [0.1, 0.15) is 0 Å². The molecule has 0 amide bonds. The number of alkyl halides is 4. The van der Waals surface area contributed by atoms with Crippen LogP contribution in [0.3, 0.4) is 0 Å². The lowest BCUT2D eigenvalue weighted by atomic mass is 9.98. The molecule has 5 heteroatoms. The van der Waals surface area contributed by atoms with E-state index in [4.69, 9.17) is 11.6 Å². The Kier molecular flexibility index (Phi) is 4.69. The van der Waals surface area contributed by atoms with Gasteiger partial charge in [-0.1, -0.05) is 45.7 Å². The lowest BCUT2D eigenvalue weighted by Gasteiger charge is -2.16. The van der Waals surface area contributed by atoms with E-state index in [1.54, 1.807) is 0 Å². The van der Waals surface area contributed by atoms with Crippen LogP contribution in [0.1, 0.15) is 32.6 Å². The Morgan fingerprint density at radius 1 is 1.00 bits per heavy atom. The van der Waals surface area contributed by atoms with Crippen LogP contribution in [0, 0.1) is 13.8 Å². The van der Waals surface area contributed by atoms with Crippen molar-refractivity contribution in [3.05, 3.63) is 69.2 Å². The summed E-state index contributed by atoms with van der Waals surface area (Å²) in [6, 6.07) is 9.00. The average molecular weight is 378 g/mol. The third kappa shape index (κ3) is 3.61.